The molecular formula is C20H26Cl2N4O2S. The minimum Gasteiger partial charge on any atom is -0.365 e. The zero-order valence-electron chi connectivity index (χ0n) is 17.1. The molecule has 0 saturated heterocycles. The molecule has 1 aromatic heterocycles. The van der Waals surface area contributed by atoms with Gasteiger partial charge in [0.2, 0.25) is 0 Å². The number of hydrogen-bond donors (Lipinski definition) is 3. The molecule has 29 heavy (non-hydrogen) atoms. The molecule has 9 heteroatoms. The highest BCUT2D eigenvalue weighted by Gasteiger charge is 2.45. The standard InChI is InChI=1S/C20H25ClN4O2S.ClH/c1-19(2)10-13-14(16(22)26)17(28-15(13)20(3,4)25(19)5)24-18(27)23-12-8-6-11(21)7-9-12;/h6-9H,10H2,1-5H3,(H2,22,26)(H2,23,24,27);1H. The largest absolute Gasteiger partial charge is 0.365 e. The number of amides is 3. The van der Waals surface area contributed by atoms with Crippen LogP contribution in [-0.2, 0) is 12.0 Å². The smallest absolute Gasteiger partial charge is 0.324 e. The van der Waals surface area contributed by atoms with Gasteiger partial charge in [0.05, 0.1) is 11.1 Å². The predicted octanol–water partition coefficient (Wildman–Crippen LogP) is 5.07. The van der Waals surface area contributed by atoms with E-state index in [4.69, 9.17) is 17.3 Å². The number of nitrogens with zero attached hydrogens (tertiary/aromatic N) is 1. The van der Waals surface area contributed by atoms with Crippen LogP contribution in [0, 0.1) is 0 Å². The van der Waals surface area contributed by atoms with E-state index in [9.17, 15) is 9.59 Å². The van der Waals surface area contributed by atoms with Crippen molar-refractivity contribution in [3.63, 3.8) is 0 Å². The number of likely N-dealkylation sites (N-methyl/N-ethyl adjacent to an activating group) is 1. The van der Waals surface area contributed by atoms with E-state index in [1.165, 1.54) is 11.3 Å². The molecule has 0 bridgehead atoms. The number of primary amides is 1. The lowest BCUT2D eigenvalue weighted by atomic mass is 9.79. The molecule has 2 aromatic rings. The number of thiophene rings is 1. The minimum absolute atomic E-state index is 0. The molecule has 1 aromatic carbocycles. The third-order valence-corrected chi connectivity index (χ3v) is 7.21. The summed E-state index contributed by atoms with van der Waals surface area (Å²) in [7, 11) is 2.08. The maximum Gasteiger partial charge on any atom is 0.324 e. The number of carbonyl (C=O) groups excluding carboxylic acids is 2. The van der Waals surface area contributed by atoms with Crippen LogP contribution in [0.3, 0.4) is 0 Å². The van der Waals surface area contributed by atoms with Gasteiger partial charge < -0.3 is 11.1 Å². The van der Waals surface area contributed by atoms with Crippen LogP contribution in [0.15, 0.2) is 24.3 Å². The first-order valence-corrected chi connectivity index (χ1v) is 10.2. The Bertz CT molecular complexity index is 939. The summed E-state index contributed by atoms with van der Waals surface area (Å²) in [6.07, 6.45) is 0.678. The molecule has 0 aliphatic carbocycles. The van der Waals surface area contributed by atoms with E-state index in [-0.39, 0.29) is 23.5 Å². The van der Waals surface area contributed by atoms with Crippen molar-refractivity contribution in [3.05, 3.63) is 45.3 Å². The number of hydrogen-bond acceptors (Lipinski definition) is 4. The maximum atomic E-state index is 12.5. The van der Waals surface area contributed by atoms with Crippen LogP contribution >= 0.6 is 35.3 Å². The van der Waals surface area contributed by atoms with Gasteiger partial charge in [-0.25, -0.2) is 4.79 Å². The van der Waals surface area contributed by atoms with Gasteiger partial charge in [-0.15, -0.1) is 23.7 Å². The molecule has 2 heterocycles. The van der Waals surface area contributed by atoms with Gasteiger partial charge in [-0.1, -0.05) is 11.6 Å². The number of nitrogens with two attached hydrogens (primary N) is 1. The van der Waals surface area contributed by atoms with Crippen LogP contribution in [0.4, 0.5) is 15.5 Å². The second-order valence-corrected chi connectivity index (χ2v) is 9.63. The number of carbonyl (C=O) groups is 2. The van der Waals surface area contributed by atoms with Crippen LogP contribution < -0.4 is 16.4 Å². The Morgan fingerprint density at radius 3 is 2.28 bits per heavy atom. The summed E-state index contributed by atoms with van der Waals surface area (Å²) < 4.78 is 0. The number of nitrogens with one attached hydrogen (secondary N) is 2. The van der Waals surface area contributed by atoms with E-state index in [1.807, 2.05) is 0 Å². The third-order valence-electron chi connectivity index (χ3n) is 5.49. The van der Waals surface area contributed by atoms with E-state index in [1.54, 1.807) is 24.3 Å². The number of rotatable bonds is 3. The Labute approximate surface area is 186 Å². The topological polar surface area (TPSA) is 87.5 Å². The Kier molecular flexibility index (Phi) is 6.59. The first-order chi connectivity index (χ1) is 12.9. The lowest BCUT2D eigenvalue weighted by Crippen LogP contribution is -2.55. The van der Waals surface area contributed by atoms with E-state index >= 15 is 0 Å². The molecule has 3 amide bonds. The highest BCUT2D eigenvalue weighted by molar-refractivity contribution is 7.17. The van der Waals surface area contributed by atoms with Gasteiger partial charge in [-0.3, -0.25) is 15.0 Å². The van der Waals surface area contributed by atoms with Crippen LogP contribution in [-0.4, -0.2) is 29.4 Å². The highest BCUT2D eigenvalue weighted by Crippen LogP contribution is 2.49. The average molecular weight is 457 g/mol. The molecule has 0 fully saturated rings. The SMILES string of the molecule is CN1C(C)(C)Cc2c(sc(NC(=O)Nc3ccc(Cl)cc3)c2C(N)=O)C1(C)C.Cl. The second kappa shape index (κ2) is 8.14. The van der Waals surface area contributed by atoms with E-state index < -0.39 is 11.9 Å². The quantitative estimate of drug-likeness (QED) is 0.602. The van der Waals surface area contributed by atoms with Crippen LogP contribution in [0.5, 0.6) is 0 Å². The van der Waals surface area contributed by atoms with E-state index in [0.29, 0.717) is 27.7 Å². The zero-order valence-corrected chi connectivity index (χ0v) is 19.4. The Hall–Kier alpha value is -1.80. The van der Waals surface area contributed by atoms with Crippen molar-refractivity contribution in [3.8, 4) is 0 Å². The lowest BCUT2D eigenvalue weighted by Gasteiger charge is -2.50. The van der Waals surface area contributed by atoms with Gasteiger partial charge in [0.25, 0.3) is 5.91 Å². The summed E-state index contributed by atoms with van der Waals surface area (Å²) in [5, 5.41) is 6.61. The van der Waals surface area contributed by atoms with Crippen molar-refractivity contribution in [2.75, 3.05) is 17.7 Å². The minimum atomic E-state index is -0.532. The second-order valence-electron chi connectivity index (χ2n) is 8.17. The normalized spacial score (nSPS) is 17.0. The van der Waals surface area contributed by atoms with E-state index in [2.05, 4.69) is 50.3 Å². The highest BCUT2D eigenvalue weighted by atomic mass is 35.5. The van der Waals surface area contributed by atoms with Crippen molar-refractivity contribution < 1.29 is 9.59 Å². The van der Waals surface area contributed by atoms with Gasteiger partial charge in [-0.05, 0) is 71.0 Å². The fourth-order valence-corrected chi connectivity index (χ4v) is 5.22. The molecule has 6 nitrogen and oxygen atoms in total. The summed E-state index contributed by atoms with van der Waals surface area (Å²) in [4.78, 5) is 28.1. The molecule has 0 saturated carbocycles. The van der Waals surface area contributed by atoms with Gasteiger partial charge >= 0.3 is 6.03 Å². The zero-order chi connectivity index (χ0) is 20.9. The monoisotopic (exact) mass is 456 g/mol. The summed E-state index contributed by atoms with van der Waals surface area (Å²) in [6.45, 7) is 8.51. The summed E-state index contributed by atoms with van der Waals surface area (Å²) in [5.41, 5.74) is 7.19. The van der Waals surface area contributed by atoms with Crippen molar-refractivity contribution in [1.82, 2.24) is 4.90 Å². The number of halogens is 2. The number of urea groups is 1. The number of anilines is 2. The number of benzene rings is 1. The summed E-state index contributed by atoms with van der Waals surface area (Å²) in [5.74, 6) is -0.532. The average Bonchev–Trinajstić information content (AvgIpc) is 2.93. The van der Waals surface area contributed by atoms with Crippen molar-refractivity contribution in [2.45, 2.75) is 45.2 Å². The molecule has 0 spiro atoms. The summed E-state index contributed by atoms with van der Waals surface area (Å²) in [6, 6.07) is 6.36. The molecule has 3 rings (SSSR count). The fourth-order valence-electron chi connectivity index (χ4n) is 3.74. The van der Waals surface area contributed by atoms with Crippen LogP contribution in [0.25, 0.3) is 0 Å². The lowest BCUT2D eigenvalue weighted by molar-refractivity contribution is 0.0304. The molecule has 4 N–H and O–H groups in total. The van der Waals surface area contributed by atoms with Gasteiger partial charge in [-0.2, -0.15) is 0 Å². The van der Waals surface area contributed by atoms with Gasteiger partial charge in [0.15, 0.2) is 0 Å². The molecule has 0 unspecified atom stereocenters. The molecule has 0 radical (unpaired) electrons. The van der Waals surface area contributed by atoms with E-state index in [0.717, 1.165) is 10.4 Å². The molecule has 1 aliphatic rings. The molecular weight excluding hydrogens is 431 g/mol. The first kappa shape index (κ1) is 23.5. The predicted molar refractivity (Wildman–Crippen MR) is 123 cm³/mol. The van der Waals surface area contributed by atoms with Gasteiger partial charge in [0, 0.05) is 21.1 Å². The van der Waals surface area contributed by atoms with Crippen molar-refractivity contribution in [2.24, 2.45) is 5.73 Å². The number of fused-ring (bicyclic) bond motifs is 1. The molecule has 158 valence electrons. The van der Waals surface area contributed by atoms with Crippen molar-refractivity contribution >= 4 is 58.0 Å². The van der Waals surface area contributed by atoms with Crippen LogP contribution in [0.2, 0.25) is 5.02 Å². The summed E-state index contributed by atoms with van der Waals surface area (Å²) >= 11 is 7.28. The van der Waals surface area contributed by atoms with Gasteiger partial charge in [0.1, 0.15) is 5.00 Å². The third kappa shape index (κ3) is 4.38. The Morgan fingerprint density at radius 2 is 1.72 bits per heavy atom. The maximum absolute atomic E-state index is 12.5. The fraction of sp³-hybridized carbons (Fsp3) is 0.400. The molecule has 0 atom stereocenters. The van der Waals surface area contributed by atoms with Crippen LogP contribution in [0.1, 0.15) is 48.5 Å². The molecule has 1 aliphatic heterocycles. The first-order valence-electron chi connectivity index (χ1n) is 8.97. The Balaban J connectivity index is 0.00000300. The Morgan fingerprint density at radius 1 is 1.14 bits per heavy atom. The van der Waals surface area contributed by atoms with Crippen molar-refractivity contribution in [1.29, 1.82) is 0 Å².